The molecule has 0 aliphatic heterocycles. The molecule has 0 saturated heterocycles. The molecule has 5 heteroatoms. The molecule has 0 spiro atoms. The van der Waals surface area contributed by atoms with Gasteiger partial charge in [0.1, 0.15) is 11.3 Å². The lowest BCUT2D eigenvalue weighted by Crippen LogP contribution is -2.02. The largest absolute Gasteiger partial charge is 0.506 e. The van der Waals surface area contributed by atoms with E-state index in [1.165, 1.54) is 11.3 Å². The van der Waals surface area contributed by atoms with Crippen molar-refractivity contribution in [1.82, 2.24) is 4.98 Å². The highest BCUT2D eigenvalue weighted by Crippen LogP contribution is 2.31. The number of fused-ring (bicyclic) bond motifs is 1. The summed E-state index contributed by atoms with van der Waals surface area (Å²) in [5.41, 5.74) is 0.854. The molecule has 0 radical (unpaired) electrons. The van der Waals surface area contributed by atoms with E-state index in [-0.39, 0.29) is 11.3 Å². The molecule has 0 atom stereocenters. The lowest BCUT2D eigenvalue weighted by atomic mass is 10.1. The fraction of sp³-hybridized carbons (Fsp3) is 0.111. The van der Waals surface area contributed by atoms with Crippen LogP contribution in [0.5, 0.6) is 5.75 Å². The molecule has 0 fully saturated rings. The van der Waals surface area contributed by atoms with Crippen LogP contribution >= 0.6 is 11.3 Å². The van der Waals surface area contributed by atoms with Crippen LogP contribution in [0.1, 0.15) is 16.1 Å². The summed E-state index contributed by atoms with van der Waals surface area (Å²) in [5, 5.41) is 22.5. The maximum Gasteiger partial charge on any atom is 0.341 e. The van der Waals surface area contributed by atoms with Crippen molar-refractivity contribution >= 4 is 28.2 Å². The van der Waals surface area contributed by atoms with Crippen LogP contribution in [0.15, 0.2) is 10.8 Å². The van der Waals surface area contributed by atoms with Gasteiger partial charge in [-0.15, -0.1) is 11.3 Å². The minimum absolute atomic E-state index is 0.115. The van der Waals surface area contributed by atoms with E-state index in [2.05, 4.69) is 4.98 Å². The predicted octanol–water partition coefficient (Wildman–Crippen LogP) is 2.01. The van der Waals surface area contributed by atoms with Crippen molar-refractivity contribution in [2.45, 2.75) is 6.92 Å². The number of aryl methyl sites for hydroxylation is 1. The van der Waals surface area contributed by atoms with E-state index in [0.717, 1.165) is 0 Å². The van der Waals surface area contributed by atoms with Gasteiger partial charge in [0.05, 0.1) is 16.6 Å². The number of rotatable bonds is 1. The molecule has 0 aliphatic carbocycles. The molecule has 0 saturated carbocycles. The Labute approximate surface area is 83.5 Å². The van der Waals surface area contributed by atoms with Gasteiger partial charge in [-0.05, 0) is 6.92 Å². The van der Waals surface area contributed by atoms with Crippen LogP contribution < -0.4 is 0 Å². The van der Waals surface area contributed by atoms with E-state index in [0.29, 0.717) is 16.6 Å². The molecule has 2 heterocycles. The Morgan fingerprint density at radius 2 is 2.21 bits per heavy atom. The summed E-state index contributed by atoms with van der Waals surface area (Å²) in [6.07, 6.45) is 0. The van der Waals surface area contributed by atoms with Crippen LogP contribution in [-0.4, -0.2) is 21.2 Å². The lowest BCUT2D eigenvalue weighted by molar-refractivity contribution is 0.0692. The first-order valence-corrected chi connectivity index (χ1v) is 4.84. The SMILES string of the molecule is Cc1nc2cscc2c(O)c1C(=O)O. The highest BCUT2D eigenvalue weighted by molar-refractivity contribution is 7.09. The summed E-state index contributed by atoms with van der Waals surface area (Å²) in [6, 6.07) is 0. The second-order valence-corrected chi connectivity index (χ2v) is 3.64. The summed E-state index contributed by atoms with van der Waals surface area (Å²) >= 11 is 1.38. The van der Waals surface area contributed by atoms with Crippen LogP contribution in [0, 0.1) is 6.92 Å². The van der Waals surface area contributed by atoms with Crippen LogP contribution in [0.3, 0.4) is 0 Å². The molecule has 2 aromatic heterocycles. The van der Waals surface area contributed by atoms with Gasteiger partial charge in [0, 0.05) is 10.8 Å². The number of carbonyl (C=O) groups is 1. The van der Waals surface area contributed by atoms with Crippen LogP contribution in [-0.2, 0) is 0 Å². The molecular formula is C9H7NO3S. The number of pyridine rings is 1. The first-order valence-electron chi connectivity index (χ1n) is 3.90. The maximum atomic E-state index is 10.8. The minimum Gasteiger partial charge on any atom is -0.506 e. The smallest absolute Gasteiger partial charge is 0.341 e. The molecule has 0 amide bonds. The second-order valence-electron chi connectivity index (χ2n) is 2.90. The summed E-state index contributed by atoms with van der Waals surface area (Å²) in [7, 11) is 0. The van der Waals surface area contributed by atoms with Gasteiger partial charge in [-0.1, -0.05) is 0 Å². The third-order valence-corrected chi connectivity index (χ3v) is 2.73. The fourth-order valence-electron chi connectivity index (χ4n) is 1.35. The molecule has 72 valence electrons. The number of aromatic hydroxyl groups is 1. The number of hydrogen-bond donors (Lipinski definition) is 2. The van der Waals surface area contributed by atoms with Gasteiger partial charge >= 0.3 is 5.97 Å². The molecule has 0 bridgehead atoms. The van der Waals surface area contributed by atoms with E-state index in [9.17, 15) is 9.90 Å². The van der Waals surface area contributed by atoms with Gasteiger partial charge in [-0.2, -0.15) is 0 Å². The van der Waals surface area contributed by atoms with Crippen molar-refractivity contribution in [2.24, 2.45) is 0 Å². The molecule has 2 N–H and O–H groups in total. The molecule has 0 aliphatic rings. The number of carboxylic acids is 1. The Bertz CT molecular complexity index is 518. The van der Waals surface area contributed by atoms with Gasteiger partial charge in [0.2, 0.25) is 0 Å². The number of hydrogen-bond acceptors (Lipinski definition) is 4. The van der Waals surface area contributed by atoms with Crippen molar-refractivity contribution in [1.29, 1.82) is 0 Å². The number of aromatic nitrogens is 1. The molecule has 0 unspecified atom stereocenters. The van der Waals surface area contributed by atoms with E-state index < -0.39 is 5.97 Å². The predicted molar refractivity (Wildman–Crippen MR) is 53.0 cm³/mol. The summed E-state index contributed by atoms with van der Waals surface area (Å²) < 4.78 is 0. The van der Waals surface area contributed by atoms with Crippen molar-refractivity contribution in [3.63, 3.8) is 0 Å². The lowest BCUT2D eigenvalue weighted by Gasteiger charge is -2.03. The highest BCUT2D eigenvalue weighted by atomic mass is 32.1. The molecule has 14 heavy (non-hydrogen) atoms. The van der Waals surface area contributed by atoms with Gasteiger partial charge < -0.3 is 10.2 Å². The Morgan fingerprint density at radius 3 is 2.86 bits per heavy atom. The minimum atomic E-state index is -1.15. The van der Waals surface area contributed by atoms with Crippen molar-refractivity contribution < 1.29 is 15.0 Å². The average Bonchev–Trinajstić information content (AvgIpc) is 2.50. The zero-order valence-corrected chi connectivity index (χ0v) is 8.13. The van der Waals surface area contributed by atoms with Crippen LogP contribution in [0.2, 0.25) is 0 Å². The first kappa shape index (κ1) is 8.96. The number of carboxylic acid groups (broad SMARTS) is 1. The summed E-state index contributed by atoms with van der Waals surface area (Å²) in [4.78, 5) is 14.9. The molecule has 4 nitrogen and oxygen atoms in total. The monoisotopic (exact) mass is 209 g/mol. The Hall–Kier alpha value is -1.62. The number of nitrogens with zero attached hydrogens (tertiary/aromatic N) is 1. The first-order chi connectivity index (χ1) is 6.61. The summed E-state index contributed by atoms with van der Waals surface area (Å²) in [5.74, 6) is -1.35. The van der Waals surface area contributed by atoms with E-state index in [1.807, 2.05) is 0 Å². The third-order valence-electron chi connectivity index (χ3n) is 2.00. The topological polar surface area (TPSA) is 70.4 Å². The summed E-state index contributed by atoms with van der Waals surface area (Å²) in [6.45, 7) is 1.57. The average molecular weight is 209 g/mol. The highest BCUT2D eigenvalue weighted by Gasteiger charge is 2.17. The third kappa shape index (κ3) is 1.13. The molecule has 0 aromatic carbocycles. The van der Waals surface area contributed by atoms with E-state index in [4.69, 9.17) is 5.11 Å². The van der Waals surface area contributed by atoms with Crippen molar-refractivity contribution in [3.8, 4) is 5.75 Å². The molecular weight excluding hydrogens is 202 g/mol. The Balaban J connectivity index is 2.89. The number of aromatic carboxylic acids is 1. The van der Waals surface area contributed by atoms with Gasteiger partial charge in [0.15, 0.2) is 0 Å². The standard InChI is InChI=1S/C9H7NO3S/c1-4-7(9(12)13)8(11)5-2-14-3-6(5)10-4/h2-3,11H,1H3,(H,12,13). The van der Waals surface area contributed by atoms with Crippen LogP contribution in [0.4, 0.5) is 0 Å². The van der Waals surface area contributed by atoms with E-state index >= 15 is 0 Å². The number of thiophene rings is 1. The van der Waals surface area contributed by atoms with Gasteiger partial charge in [0.25, 0.3) is 0 Å². The van der Waals surface area contributed by atoms with Gasteiger partial charge in [-0.3, -0.25) is 4.98 Å². The molecule has 2 aromatic rings. The van der Waals surface area contributed by atoms with E-state index in [1.54, 1.807) is 17.7 Å². The quantitative estimate of drug-likeness (QED) is 0.753. The Morgan fingerprint density at radius 1 is 1.50 bits per heavy atom. The fourth-order valence-corrected chi connectivity index (χ4v) is 2.10. The second kappa shape index (κ2) is 2.95. The molecule has 2 rings (SSSR count). The normalized spacial score (nSPS) is 10.6. The van der Waals surface area contributed by atoms with Crippen molar-refractivity contribution in [2.75, 3.05) is 0 Å². The zero-order chi connectivity index (χ0) is 10.3. The Kier molecular flexibility index (Phi) is 1.89. The maximum absolute atomic E-state index is 10.8. The zero-order valence-electron chi connectivity index (χ0n) is 7.31. The van der Waals surface area contributed by atoms with Crippen LogP contribution in [0.25, 0.3) is 10.9 Å². The van der Waals surface area contributed by atoms with Gasteiger partial charge in [-0.25, -0.2) is 4.79 Å². The van der Waals surface area contributed by atoms with Crippen molar-refractivity contribution in [3.05, 3.63) is 22.0 Å².